The van der Waals surface area contributed by atoms with E-state index in [1.54, 1.807) is 56.6 Å². The second-order valence-corrected chi connectivity index (χ2v) is 9.89. The van der Waals surface area contributed by atoms with Gasteiger partial charge in [-0.1, -0.05) is 30.8 Å². The van der Waals surface area contributed by atoms with Crippen molar-refractivity contribution in [1.29, 1.82) is 0 Å². The topological polar surface area (TPSA) is 55.0 Å². The zero-order chi connectivity index (χ0) is 27.7. The summed E-state index contributed by atoms with van der Waals surface area (Å²) in [6, 6.07) is 17.3. The number of hydrogen-bond donors (Lipinski definition) is 0. The molecule has 5 rings (SSSR count). The highest BCUT2D eigenvalue weighted by Crippen LogP contribution is 2.36. The molecule has 4 aromatic rings. The average Bonchev–Trinajstić information content (AvgIpc) is 2.94. The van der Waals surface area contributed by atoms with Crippen LogP contribution in [0.15, 0.2) is 71.5 Å². The highest BCUT2D eigenvalue weighted by atomic mass is 19.1. The molecule has 0 unspecified atom stereocenters. The van der Waals surface area contributed by atoms with Gasteiger partial charge in [-0.05, 0) is 54.4 Å². The SMILES string of the molecule is [C-]#[N+]c1ccc2c(n1)c(N1C[C@H](COC)N(C(c3ccc(F)cc3)c3ccc(F)cc3)C[C@H]1C)cc(=O)n2C. The van der Waals surface area contributed by atoms with E-state index in [9.17, 15) is 13.6 Å². The molecular weight excluding hydrogens is 500 g/mol. The first-order valence-electron chi connectivity index (χ1n) is 12.7. The molecule has 200 valence electrons. The van der Waals surface area contributed by atoms with E-state index in [-0.39, 0.29) is 41.1 Å². The average molecular weight is 530 g/mol. The van der Waals surface area contributed by atoms with Crippen LogP contribution in [0, 0.1) is 18.2 Å². The first-order chi connectivity index (χ1) is 18.8. The van der Waals surface area contributed by atoms with Gasteiger partial charge in [-0.2, -0.15) is 0 Å². The van der Waals surface area contributed by atoms with Crippen molar-refractivity contribution in [3.63, 3.8) is 0 Å². The molecule has 39 heavy (non-hydrogen) atoms. The maximum absolute atomic E-state index is 13.8. The van der Waals surface area contributed by atoms with E-state index in [1.165, 1.54) is 28.8 Å². The minimum atomic E-state index is -0.327. The van der Waals surface area contributed by atoms with Crippen LogP contribution in [-0.4, -0.2) is 53.3 Å². The van der Waals surface area contributed by atoms with Gasteiger partial charge >= 0.3 is 0 Å². The molecule has 1 saturated heterocycles. The van der Waals surface area contributed by atoms with Crippen LogP contribution in [-0.2, 0) is 11.8 Å². The Morgan fingerprint density at radius 1 is 1.03 bits per heavy atom. The molecule has 0 amide bonds. The van der Waals surface area contributed by atoms with Crippen LogP contribution < -0.4 is 10.5 Å². The summed E-state index contributed by atoms with van der Waals surface area (Å²) in [6.45, 7) is 11.0. The van der Waals surface area contributed by atoms with Crippen molar-refractivity contribution in [2.45, 2.75) is 25.0 Å². The number of hydrogen-bond acceptors (Lipinski definition) is 5. The van der Waals surface area contributed by atoms with E-state index in [4.69, 9.17) is 11.3 Å². The number of piperazine rings is 1. The van der Waals surface area contributed by atoms with E-state index in [0.29, 0.717) is 36.4 Å². The molecule has 2 atom stereocenters. The number of halogens is 2. The summed E-state index contributed by atoms with van der Waals surface area (Å²) in [5.74, 6) is -0.395. The molecule has 0 saturated carbocycles. The molecule has 0 bridgehead atoms. The molecule has 0 spiro atoms. The van der Waals surface area contributed by atoms with E-state index in [2.05, 4.69) is 26.6 Å². The quantitative estimate of drug-likeness (QED) is 0.326. The predicted molar refractivity (Wildman–Crippen MR) is 147 cm³/mol. The number of fused-ring (bicyclic) bond motifs is 1. The lowest BCUT2D eigenvalue weighted by Crippen LogP contribution is -2.60. The monoisotopic (exact) mass is 529 g/mol. The number of rotatable bonds is 6. The van der Waals surface area contributed by atoms with Gasteiger partial charge in [0.2, 0.25) is 5.52 Å². The lowest BCUT2D eigenvalue weighted by Gasteiger charge is -2.49. The number of benzene rings is 2. The zero-order valence-corrected chi connectivity index (χ0v) is 22.0. The Bertz CT molecular complexity index is 1540. The van der Waals surface area contributed by atoms with Crippen molar-refractivity contribution in [1.82, 2.24) is 14.5 Å². The van der Waals surface area contributed by atoms with Crippen LogP contribution in [0.2, 0.25) is 0 Å². The van der Waals surface area contributed by atoms with Crippen molar-refractivity contribution in [2.24, 2.45) is 7.05 Å². The minimum Gasteiger partial charge on any atom is -0.383 e. The Kier molecular flexibility index (Phi) is 7.42. The first-order valence-corrected chi connectivity index (χ1v) is 12.7. The Balaban J connectivity index is 1.59. The number of nitrogens with zero attached hydrogens (tertiary/aromatic N) is 5. The molecule has 2 aromatic heterocycles. The number of methoxy groups -OCH3 is 1. The minimum absolute atomic E-state index is 0.0600. The smallest absolute Gasteiger partial charge is 0.270 e. The number of anilines is 1. The Hall–Kier alpha value is -4.13. The van der Waals surface area contributed by atoms with E-state index in [1.807, 2.05) is 0 Å². The lowest BCUT2D eigenvalue weighted by molar-refractivity contribution is 0.0521. The van der Waals surface area contributed by atoms with Gasteiger partial charge < -0.3 is 19.0 Å². The number of aryl methyl sites for hydroxylation is 1. The van der Waals surface area contributed by atoms with Crippen molar-refractivity contribution in [3.8, 4) is 0 Å². The highest BCUT2D eigenvalue weighted by Gasteiger charge is 2.38. The second kappa shape index (κ2) is 10.9. The lowest BCUT2D eigenvalue weighted by atomic mass is 9.93. The molecule has 7 nitrogen and oxygen atoms in total. The largest absolute Gasteiger partial charge is 0.383 e. The summed E-state index contributed by atoms with van der Waals surface area (Å²) in [5.41, 5.74) is 3.52. The van der Waals surface area contributed by atoms with Crippen LogP contribution in [0.4, 0.5) is 20.3 Å². The molecule has 1 aliphatic rings. The molecule has 1 aliphatic heterocycles. The van der Waals surface area contributed by atoms with Gasteiger partial charge in [-0.3, -0.25) is 9.69 Å². The van der Waals surface area contributed by atoms with Gasteiger partial charge in [0.1, 0.15) is 11.6 Å². The van der Waals surface area contributed by atoms with Crippen molar-refractivity contribution >= 4 is 22.5 Å². The van der Waals surface area contributed by atoms with Crippen LogP contribution in [0.25, 0.3) is 15.9 Å². The molecule has 0 N–H and O–H groups in total. The summed E-state index contributed by atoms with van der Waals surface area (Å²) in [5, 5.41) is 0. The predicted octanol–water partition coefficient (Wildman–Crippen LogP) is 5.08. The molecule has 0 aliphatic carbocycles. The van der Waals surface area contributed by atoms with Crippen LogP contribution in [0.3, 0.4) is 0 Å². The number of ether oxygens (including phenoxy) is 1. The Labute approximate surface area is 225 Å². The fourth-order valence-electron chi connectivity index (χ4n) is 5.51. The van der Waals surface area contributed by atoms with Crippen LogP contribution >= 0.6 is 0 Å². The van der Waals surface area contributed by atoms with E-state index < -0.39 is 0 Å². The van der Waals surface area contributed by atoms with Gasteiger partial charge in [0.15, 0.2) is 0 Å². The maximum atomic E-state index is 13.8. The molecule has 1 fully saturated rings. The second-order valence-electron chi connectivity index (χ2n) is 9.89. The summed E-state index contributed by atoms with van der Waals surface area (Å²) in [4.78, 5) is 25.4. The van der Waals surface area contributed by atoms with Crippen LogP contribution in [0.1, 0.15) is 24.1 Å². The highest BCUT2D eigenvalue weighted by molar-refractivity contribution is 5.89. The molecule has 9 heteroatoms. The van der Waals surface area contributed by atoms with Gasteiger partial charge in [0, 0.05) is 39.4 Å². The molecule has 0 radical (unpaired) electrons. The number of pyridine rings is 2. The van der Waals surface area contributed by atoms with E-state index in [0.717, 1.165) is 11.1 Å². The Morgan fingerprint density at radius 2 is 1.64 bits per heavy atom. The molecule has 3 heterocycles. The van der Waals surface area contributed by atoms with Crippen molar-refractivity contribution < 1.29 is 13.5 Å². The number of aromatic nitrogens is 2. The van der Waals surface area contributed by atoms with E-state index >= 15 is 0 Å². The van der Waals surface area contributed by atoms with Crippen molar-refractivity contribution in [3.05, 3.63) is 111 Å². The van der Waals surface area contributed by atoms with Gasteiger partial charge in [-0.15, -0.1) is 4.98 Å². The fourth-order valence-corrected chi connectivity index (χ4v) is 5.51. The summed E-state index contributed by atoms with van der Waals surface area (Å²) >= 11 is 0. The normalized spacial score (nSPS) is 18.0. The maximum Gasteiger partial charge on any atom is 0.270 e. The molecule has 2 aromatic carbocycles. The van der Waals surface area contributed by atoms with Crippen LogP contribution in [0.5, 0.6) is 0 Å². The Morgan fingerprint density at radius 3 is 2.21 bits per heavy atom. The third-order valence-corrected chi connectivity index (χ3v) is 7.42. The van der Waals surface area contributed by atoms with Gasteiger partial charge in [-0.25, -0.2) is 8.78 Å². The zero-order valence-electron chi connectivity index (χ0n) is 22.0. The molecular formula is C30H29F2N5O2. The standard InChI is InChI=1S/C30H29F2N5O2/c1-19-16-37(30(20-5-9-22(31)10-6-20)21-7-11-23(32)12-8-21)24(18-39-4)17-36(19)26-15-28(38)35(3)25-13-14-27(33-2)34-29(25)26/h5-15,19,24,30H,16-18H2,1,3-4H3/t19-,24-/m1/s1. The summed E-state index contributed by atoms with van der Waals surface area (Å²) in [6.07, 6.45) is 0. The third kappa shape index (κ3) is 5.13. The summed E-state index contributed by atoms with van der Waals surface area (Å²) in [7, 11) is 3.33. The van der Waals surface area contributed by atoms with Gasteiger partial charge in [0.25, 0.3) is 11.4 Å². The first kappa shape index (κ1) is 26.5. The van der Waals surface area contributed by atoms with Crippen molar-refractivity contribution in [2.75, 3.05) is 31.7 Å². The third-order valence-electron chi connectivity index (χ3n) is 7.42. The summed E-state index contributed by atoms with van der Waals surface area (Å²) < 4.78 is 34.9. The fraction of sp³-hybridized carbons (Fsp3) is 0.300. The van der Waals surface area contributed by atoms with Gasteiger partial charge in [0.05, 0.1) is 29.9 Å².